The molecule has 0 aliphatic heterocycles. The fourth-order valence-electron chi connectivity index (χ4n) is 1.24. The topological polar surface area (TPSA) is 39.4 Å². The average molecular weight is 283 g/mol. The van der Waals surface area contributed by atoms with E-state index < -0.39 is 5.97 Å². The van der Waals surface area contributed by atoms with Crippen molar-refractivity contribution in [2.45, 2.75) is 0 Å². The first kappa shape index (κ1) is 12.7. The van der Waals surface area contributed by atoms with Gasteiger partial charge in [0.1, 0.15) is 10.8 Å². The molecule has 18 heavy (non-hydrogen) atoms. The summed E-state index contributed by atoms with van der Waals surface area (Å²) >= 11 is 11.7. The van der Waals surface area contributed by atoms with Crippen LogP contribution < -0.4 is 4.74 Å². The zero-order chi connectivity index (χ0) is 13.0. The van der Waals surface area contributed by atoms with Crippen molar-refractivity contribution in [1.82, 2.24) is 0 Å². The van der Waals surface area contributed by atoms with Gasteiger partial charge in [-0.2, -0.15) is 0 Å². The zero-order valence-electron chi connectivity index (χ0n) is 9.10. The van der Waals surface area contributed by atoms with Crippen molar-refractivity contribution >= 4 is 35.2 Å². The Morgan fingerprint density at radius 3 is 2.78 bits per heavy atom. The molecule has 2 rings (SSSR count). The van der Waals surface area contributed by atoms with Gasteiger partial charge in [-0.25, -0.2) is 4.79 Å². The minimum atomic E-state index is -0.560. The largest absolute Gasteiger partial charge is 0.465 e. The highest BCUT2D eigenvalue weighted by Crippen LogP contribution is 2.31. The molecular formula is C13H8Cl2O3. The van der Waals surface area contributed by atoms with Crippen LogP contribution in [0.1, 0.15) is 5.76 Å². The molecule has 0 fully saturated rings. The lowest BCUT2D eigenvalue weighted by Crippen LogP contribution is -2.04. The fourth-order valence-corrected chi connectivity index (χ4v) is 1.57. The smallest absolute Gasteiger partial charge is 0.336 e. The highest BCUT2D eigenvalue weighted by atomic mass is 35.5. The van der Waals surface area contributed by atoms with Crippen LogP contribution >= 0.6 is 23.2 Å². The summed E-state index contributed by atoms with van der Waals surface area (Å²) in [5.74, 6) is 0.220. The first-order valence-electron chi connectivity index (χ1n) is 5.04. The van der Waals surface area contributed by atoms with Crippen molar-refractivity contribution in [2.24, 2.45) is 0 Å². The van der Waals surface area contributed by atoms with Crippen molar-refractivity contribution in [3.05, 3.63) is 58.5 Å². The van der Waals surface area contributed by atoms with Gasteiger partial charge in [-0.1, -0.05) is 29.3 Å². The van der Waals surface area contributed by atoms with E-state index in [1.165, 1.54) is 18.4 Å². The van der Waals surface area contributed by atoms with Crippen LogP contribution in [0.2, 0.25) is 10.0 Å². The molecule has 3 nitrogen and oxygen atoms in total. The van der Waals surface area contributed by atoms with E-state index in [1.54, 1.807) is 30.3 Å². The van der Waals surface area contributed by atoms with Crippen LogP contribution in [0.5, 0.6) is 5.75 Å². The molecule has 0 saturated carbocycles. The van der Waals surface area contributed by atoms with Crippen molar-refractivity contribution in [3.8, 4) is 5.75 Å². The number of furan rings is 1. The Labute approximate surface area is 114 Å². The Bertz CT molecular complexity index is 574. The van der Waals surface area contributed by atoms with Gasteiger partial charge in [0.2, 0.25) is 0 Å². The minimum absolute atomic E-state index is 0.207. The van der Waals surface area contributed by atoms with Crippen molar-refractivity contribution in [2.75, 3.05) is 0 Å². The average Bonchev–Trinajstić information content (AvgIpc) is 2.86. The number of ether oxygens (including phenoxy) is 1. The zero-order valence-corrected chi connectivity index (χ0v) is 10.6. The number of hydrogen-bond acceptors (Lipinski definition) is 3. The normalized spacial score (nSPS) is 10.8. The van der Waals surface area contributed by atoms with E-state index in [0.29, 0.717) is 10.8 Å². The van der Waals surface area contributed by atoms with Crippen LogP contribution in [0.25, 0.3) is 6.08 Å². The lowest BCUT2D eigenvalue weighted by Gasteiger charge is -2.04. The third-order valence-corrected chi connectivity index (χ3v) is 2.86. The maximum absolute atomic E-state index is 11.5. The predicted molar refractivity (Wildman–Crippen MR) is 69.8 cm³/mol. The molecule has 1 aromatic heterocycles. The summed E-state index contributed by atoms with van der Waals surface area (Å²) in [6.45, 7) is 0. The van der Waals surface area contributed by atoms with Crippen LogP contribution in [0.4, 0.5) is 0 Å². The first-order chi connectivity index (χ1) is 8.66. The van der Waals surface area contributed by atoms with Crippen molar-refractivity contribution in [1.29, 1.82) is 0 Å². The van der Waals surface area contributed by atoms with E-state index in [4.69, 9.17) is 32.4 Å². The lowest BCUT2D eigenvalue weighted by atomic mass is 10.3. The highest BCUT2D eigenvalue weighted by molar-refractivity contribution is 6.43. The Kier molecular flexibility index (Phi) is 4.07. The molecule has 5 heteroatoms. The van der Waals surface area contributed by atoms with Crippen LogP contribution in [-0.2, 0) is 4.79 Å². The standard InChI is InChI=1S/C13H8Cl2O3/c14-10-4-1-5-11(13(10)15)18-12(16)7-6-9-3-2-8-17-9/h1-8H. The summed E-state index contributed by atoms with van der Waals surface area (Å²) in [6, 6.07) is 8.26. The summed E-state index contributed by atoms with van der Waals surface area (Å²) in [7, 11) is 0. The third kappa shape index (κ3) is 3.15. The number of halogens is 2. The lowest BCUT2D eigenvalue weighted by molar-refractivity contribution is -0.128. The molecule has 0 aliphatic carbocycles. The van der Waals surface area contributed by atoms with Gasteiger partial charge in [0, 0.05) is 6.08 Å². The van der Waals surface area contributed by atoms with E-state index in [2.05, 4.69) is 0 Å². The van der Waals surface area contributed by atoms with Crippen LogP contribution in [0, 0.1) is 0 Å². The Morgan fingerprint density at radius 1 is 1.22 bits per heavy atom. The fraction of sp³-hybridized carbons (Fsp3) is 0. The Balaban J connectivity index is 2.05. The number of carbonyl (C=O) groups excluding carboxylic acids is 1. The summed E-state index contributed by atoms with van der Waals surface area (Å²) in [6.07, 6.45) is 4.26. The summed E-state index contributed by atoms with van der Waals surface area (Å²) in [4.78, 5) is 11.5. The maximum atomic E-state index is 11.5. The minimum Gasteiger partial charge on any atom is -0.465 e. The number of carbonyl (C=O) groups is 1. The molecule has 1 heterocycles. The van der Waals surface area contributed by atoms with Crippen LogP contribution in [0.15, 0.2) is 47.1 Å². The molecular weight excluding hydrogens is 275 g/mol. The molecule has 0 atom stereocenters. The molecule has 0 unspecified atom stereocenters. The molecule has 0 N–H and O–H groups in total. The second kappa shape index (κ2) is 5.76. The highest BCUT2D eigenvalue weighted by Gasteiger charge is 2.08. The first-order valence-corrected chi connectivity index (χ1v) is 5.80. The quantitative estimate of drug-likeness (QED) is 0.481. The molecule has 2 aromatic rings. The molecule has 0 saturated heterocycles. The van der Waals surface area contributed by atoms with Gasteiger partial charge in [0.25, 0.3) is 0 Å². The second-order valence-electron chi connectivity index (χ2n) is 3.32. The van der Waals surface area contributed by atoms with Gasteiger partial charge in [-0.3, -0.25) is 0 Å². The molecule has 0 bridgehead atoms. The van der Waals surface area contributed by atoms with E-state index >= 15 is 0 Å². The predicted octanol–water partition coefficient (Wildman–Crippen LogP) is 4.21. The monoisotopic (exact) mass is 282 g/mol. The van der Waals surface area contributed by atoms with Crippen molar-refractivity contribution in [3.63, 3.8) is 0 Å². The Morgan fingerprint density at radius 2 is 2.06 bits per heavy atom. The van der Waals surface area contributed by atoms with E-state index in [1.807, 2.05) is 0 Å². The second-order valence-corrected chi connectivity index (χ2v) is 4.11. The number of hydrogen-bond donors (Lipinski definition) is 0. The van der Waals surface area contributed by atoms with Gasteiger partial charge in [0.05, 0.1) is 11.3 Å². The molecule has 0 aliphatic rings. The molecule has 0 radical (unpaired) electrons. The van der Waals surface area contributed by atoms with Gasteiger partial charge < -0.3 is 9.15 Å². The molecule has 0 amide bonds. The van der Waals surface area contributed by atoms with Gasteiger partial charge in [-0.05, 0) is 30.3 Å². The van der Waals surface area contributed by atoms with E-state index in [0.717, 1.165) is 0 Å². The summed E-state index contributed by atoms with van der Waals surface area (Å²) in [5.41, 5.74) is 0. The van der Waals surface area contributed by atoms with Crippen LogP contribution in [-0.4, -0.2) is 5.97 Å². The number of benzene rings is 1. The third-order valence-electron chi connectivity index (χ3n) is 2.05. The molecule has 0 spiro atoms. The van der Waals surface area contributed by atoms with Crippen LogP contribution in [0.3, 0.4) is 0 Å². The summed E-state index contributed by atoms with van der Waals surface area (Å²) < 4.78 is 10.1. The number of esters is 1. The van der Waals surface area contributed by atoms with Gasteiger partial charge in [-0.15, -0.1) is 0 Å². The maximum Gasteiger partial charge on any atom is 0.336 e. The van der Waals surface area contributed by atoms with E-state index in [9.17, 15) is 4.79 Å². The molecule has 1 aromatic carbocycles. The van der Waals surface area contributed by atoms with Crippen molar-refractivity contribution < 1.29 is 13.9 Å². The summed E-state index contributed by atoms with van der Waals surface area (Å²) in [5, 5.41) is 0.538. The number of rotatable bonds is 3. The Hall–Kier alpha value is -1.71. The SMILES string of the molecule is O=C(C=Cc1ccco1)Oc1cccc(Cl)c1Cl. The van der Waals surface area contributed by atoms with Gasteiger partial charge >= 0.3 is 5.97 Å². The van der Waals surface area contributed by atoms with E-state index in [-0.39, 0.29) is 10.8 Å². The van der Waals surface area contributed by atoms with Gasteiger partial charge in [0.15, 0.2) is 5.75 Å². The molecule has 92 valence electrons.